The summed E-state index contributed by atoms with van der Waals surface area (Å²) in [5.74, 6) is 1.36. The summed E-state index contributed by atoms with van der Waals surface area (Å²) < 4.78 is 6.44. The van der Waals surface area contributed by atoms with Gasteiger partial charge in [0, 0.05) is 36.1 Å². The maximum Gasteiger partial charge on any atom is 0.223 e. The van der Waals surface area contributed by atoms with E-state index in [1.165, 1.54) is 36.6 Å². The number of H-pyrrole nitrogens is 1. The SMILES string of the molecule is C.CC(CC(=O)N1CCC2(OCC3CC3)CCCC1C2)c1c[nH]c2ccccc12. The van der Waals surface area contributed by atoms with Gasteiger partial charge in [-0.15, -0.1) is 0 Å². The summed E-state index contributed by atoms with van der Waals surface area (Å²) in [6, 6.07) is 8.75. The molecule has 4 nitrogen and oxygen atoms in total. The van der Waals surface area contributed by atoms with Crippen LogP contribution < -0.4 is 0 Å². The number of carbonyl (C=O) groups excluding carboxylic acids is 1. The van der Waals surface area contributed by atoms with E-state index in [2.05, 4.69) is 41.2 Å². The van der Waals surface area contributed by atoms with Crippen LogP contribution in [0.2, 0.25) is 0 Å². The third-order valence-corrected chi connectivity index (χ3v) is 7.30. The van der Waals surface area contributed by atoms with Crippen LogP contribution in [0.3, 0.4) is 0 Å². The minimum Gasteiger partial charge on any atom is -0.375 e. The van der Waals surface area contributed by atoms with Crippen LogP contribution in [0.15, 0.2) is 30.5 Å². The number of fused-ring (bicyclic) bond motifs is 3. The largest absolute Gasteiger partial charge is 0.375 e. The van der Waals surface area contributed by atoms with Crippen molar-refractivity contribution in [3.05, 3.63) is 36.0 Å². The summed E-state index contributed by atoms with van der Waals surface area (Å²) >= 11 is 0. The normalized spacial score (nSPS) is 27.5. The van der Waals surface area contributed by atoms with Crippen LogP contribution in [0.4, 0.5) is 0 Å². The number of para-hydroxylation sites is 1. The molecular formula is C25H36N2O2. The highest BCUT2D eigenvalue weighted by Gasteiger charge is 2.45. The number of rotatable bonds is 6. The van der Waals surface area contributed by atoms with Crippen molar-refractivity contribution >= 4 is 16.8 Å². The van der Waals surface area contributed by atoms with Gasteiger partial charge < -0.3 is 14.6 Å². The molecule has 158 valence electrons. The predicted octanol–water partition coefficient (Wildman–Crippen LogP) is 5.64. The molecule has 4 heteroatoms. The Hall–Kier alpha value is -1.81. The van der Waals surface area contributed by atoms with Crippen molar-refractivity contribution in [1.82, 2.24) is 9.88 Å². The van der Waals surface area contributed by atoms with Gasteiger partial charge in [-0.1, -0.05) is 32.5 Å². The number of hydrogen-bond donors (Lipinski definition) is 1. The van der Waals surface area contributed by atoms with E-state index in [1.54, 1.807) is 0 Å². The molecular weight excluding hydrogens is 360 g/mol. The van der Waals surface area contributed by atoms with Crippen molar-refractivity contribution in [2.45, 2.75) is 83.3 Å². The molecule has 1 saturated heterocycles. The average Bonchev–Trinajstić information content (AvgIpc) is 3.43. The van der Waals surface area contributed by atoms with Crippen molar-refractivity contribution in [2.75, 3.05) is 13.2 Å². The number of aromatic amines is 1. The monoisotopic (exact) mass is 396 g/mol. The quantitative estimate of drug-likeness (QED) is 0.687. The summed E-state index contributed by atoms with van der Waals surface area (Å²) in [5, 5.41) is 1.24. The van der Waals surface area contributed by atoms with E-state index in [9.17, 15) is 4.79 Å². The summed E-state index contributed by atoms with van der Waals surface area (Å²) in [7, 11) is 0. The van der Waals surface area contributed by atoms with Gasteiger partial charge in [0.05, 0.1) is 12.2 Å². The van der Waals surface area contributed by atoms with Crippen LogP contribution >= 0.6 is 0 Å². The van der Waals surface area contributed by atoms with Crippen LogP contribution in [0.5, 0.6) is 0 Å². The van der Waals surface area contributed by atoms with Gasteiger partial charge in [-0.05, 0) is 68.4 Å². The standard InChI is InChI=1S/C24H32N2O2.CH4/c1-17(21-15-25-22-7-3-2-6-20(21)22)13-23(27)26-12-11-24(28-16-18-8-9-18)10-4-5-19(26)14-24;/h2-3,6-7,15,17-19,25H,4-5,8-14,16H2,1H3;1H4. The van der Waals surface area contributed by atoms with Crippen molar-refractivity contribution in [3.8, 4) is 0 Å². The lowest BCUT2D eigenvalue weighted by Gasteiger charge is -2.50. The van der Waals surface area contributed by atoms with Crippen molar-refractivity contribution in [1.29, 1.82) is 0 Å². The Labute approximate surface area is 175 Å². The topological polar surface area (TPSA) is 45.3 Å². The minimum absolute atomic E-state index is 0. The van der Waals surface area contributed by atoms with E-state index in [-0.39, 0.29) is 18.9 Å². The molecule has 0 radical (unpaired) electrons. The predicted molar refractivity (Wildman–Crippen MR) is 118 cm³/mol. The smallest absolute Gasteiger partial charge is 0.223 e. The second kappa shape index (κ2) is 8.14. The summed E-state index contributed by atoms with van der Waals surface area (Å²) in [4.78, 5) is 18.7. The fourth-order valence-corrected chi connectivity index (χ4v) is 5.39. The van der Waals surface area contributed by atoms with E-state index in [0.29, 0.717) is 18.4 Å². The number of carbonyl (C=O) groups is 1. The number of nitrogens with one attached hydrogen (secondary N) is 1. The lowest BCUT2D eigenvalue weighted by Crippen LogP contribution is -2.56. The summed E-state index contributed by atoms with van der Waals surface area (Å²) in [5.41, 5.74) is 2.47. The molecule has 1 aliphatic heterocycles. The molecule has 1 aromatic heterocycles. The molecule has 2 heterocycles. The van der Waals surface area contributed by atoms with Crippen molar-refractivity contribution in [2.24, 2.45) is 5.92 Å². The Morgan fingerprint density at radius 2 is 2.10 bits per heavy atom. The lowest BCUT2D eigenvalue weighted by molar-refractivity contribution is -0.153. The Morgan fingerprint density at radius 3 is 2.93 bits per heavy atom. The van der Waals surface area contributed by atoms with E-state index in [0.717, 1.165) is 43.8 Å². The molecule has 2 aliphatic carbocycles. The second-order valence-electron chi connectivity index (χ2n) is 9.42. The molecule has 3 unspecified atom stereocenters. The van der Waals surface area contributed by atoms with Crippen LogP contribution in [-0.4, -0.2) is 40.6 Å². The third-order valence-electron chi connectivity index (χ3n) is 7.30. The zero-order chi connectivity index (χ0) is 19.1. The number of likely N-dealkylation sites (tertiary alicyclic amines) is 1. The van der Waals surface area contributed by atoms with Gasteiger partial charge in [-0.25, -0.2) is 0 Å². The fourth-order valence-electron chi connectivity index (χ4n) is 5.39. The van der Waals surface area contributed by atoms with Gasteiger partial charge in [-0.2, -0.15) is 0 Å². The molecule has 5 rings (SSSR count). The molecule has 2 saturated carbocycles. The zero-order valence-corrected chi connectivity index (χ0v) is 17.0. The van der Waals surface area contributed by atoms with Gasteiger partial charge in [0.25, 0.3) is 0 Å². The molecule has 1 N–H and O–H groups in total. The van der Waals surface area contributed by atoms with E-state index >= 15 is 0 Å². The first-order valence-electron chi connectivity index (χ1n) is 11.1. The highest BCUT2D eigenvalue weighted by Crippen LogP contribution is 2.43. The van der Waals surface area contributed by atoms with Gasteiger partial charge in [-0.3, -0.25) is 4.79 Å². The Bertz CT molecular complexity index is 855. The average molecular weight is 397 g/mol. The molecule has 29 heavy (non-hydrogen) atoms. The third kappa shape index (κ3) is 4.09. The van der Waals surface area contributed by atoms with E-state index < -0.39 is 0 Å². The summed E-state index contributed by atoms with van der Waals surface area (Å²) in [6.07, 6.45) is 10.9. The Balaban J connectivity index is 0.00000205. The maximum atomic E-state index is 13.2. The lowest BCUT2D eigenvalue weighted by atomic mass is 9.75. The van der Waals surface area contributed by atoms with Crippen LogP contribution in [0, 0.1) is 5.92 Å². The molecule has 3 fully saturated rings. The van der Waals surface area contributed by atoms with Gasteiger partial charge >= 0.3 is 0 Å². The van der Waals surface area contributed by atoms with Gasteiger partial charge in [0.15, 0.2) is 0 Å². The minimum atomic E-state index is 0. The number of ether oxygens (including phenoxy) is 1. The van der Waals surface area contributed by atoms with Crippen molar-refractivity contribution < 1.29 is 9.53 Å². The van der Waals surface area contributed by atoms with Crippen LogP contribution in [0.25, 0.3) is 10.9 Å². The molecule has 3 aliphatic rings. The first-order valence-corrected chi connectivity index (χ1v) is 11.1. The maximum absolute atomic E-state index is 13.2. The molecule has 1 aromatic carbocycles. The molecule has 1 amide bonds. The molecule has 0 spiro atoms. The highest BCUT2D eigenvalue weighted by atomic mass is 16.5. The highest BCUT2D eigenvalue weighted by molar-refractivity contribution is 5.85. The molecule has 3 atom stereocenters. The second-order valence-corrected chi connectivity index (χ2v) is 9.42. The zero-order valence-electron chi connectivity index (χ0n) is 17.0. The van der Waals surface area contributed by atoms with Crippen molar-refractivity contribution in [3.63, 3.8) is 0 Å². The number of amides is 1. The number of nitrogens with zero attached hydrogens (tertiary/aromatic N) is 1. The number of hydrogen-bond acceptors (Lipinski definition) is 2. The Morgan fingerprint density at radius 1 is 1.28 bits per heavy atom. The van der Waals surface area contributed by atoms with E-state index in [1.807, 2.05) is 6.07 Å². The fraction of sp³-hybridized carbons (Fsp3) is 0.640. The van der Waals surface area contributed by atoms with Gasteiger partial charge in [0.1, 0.15) is 0 Å². The number of piperidine rings is 1. The molecule has 2 bridgehead atoms. The Kier molecular flexibility index (Phi) is 5.74. The van der Waals surface area contributed by atoms with Crippen LogP contribution in [-0.2, 0) is 9.53 Å². The number of benzene rings is 1. The first-order chi connectivity index (χ1) is 13.6. The first kappa shape index (κ1) is 20.5. The number of aromatic nitrogens is 1. The van der Waals surface area contributed by atoms with E-state index in [4.69, 9.17) is 4.74 Å². The summed E-state index contributed by atoms with van der Waals surface area (Å²) in [6.45, 7) is 3.99. The molecule has 2 aromatic rings. The van der Waals surface area contributed by atoms with Crippen LogP contribution in [0.1, 0.15) is 77.2 Å². The van der Waals surface area contributed by atoms with Gasteiger partial charge in [0.2, 0.25) is 5.91 Å².